The highest BCUT2D eigenvalue weighted by Crippen LogP contribution is 2.29. The van der Waals surface area contributed by atoms with Gasteiger partial charge >= 0.3 is 6.03 Å². The Labute approximate surface area is 199 Å². The quantitative estimate of drug-likeness (QED) is 0.507. The third kappa shape index (κ3) is 4.19. The molecule has 3 heterocycles. The van der Waals surface area contributed by atoms with E-state index in [0.717, 1.165) is 39.4 Å². The van der Waals surface area contributed by atoms with Crippen molar-refractivity contribution in [3.63, 3.8) is 0 Å². The van der Waals surface area contributed by atoms with Crippen LogP contribution in [0.5, 0.6) is 0 Å². The first-order valence-electron chi connectivity index (χ1n) is 11.6. The van der Waals surface area contributed by atoms with Crippen LogP contribution in [-0.2, 0) is 6.54 Å². The standard InChI is InChI=1S/C26H29N7O/c1-18-9-11-22(12-10-18)33-20(3)23-19(2)28-29-25(24(23)30-33)31-13-15-32(16-14-31)26(34)27-17-21-7-5-4-6-8-21/h4-12H,13-17H2,1-3H3,(H,27,34). The molecule has 2 aromatic carbocycles. The average molecular weight is 456 g/mol. The zero-order valence-electron chi connectivity index (χ0n) is 19.8. The molecule has 1 saturated heterocycles. The highest BCUT2D eigenvalue weighted by molar-refractivity contribution is 5.92. The normalized spacial score (nSPS) is 14.0. The van der Waals surface area contributed by atoms with Gasteiger partial charge in [-0.1, -0.05) is 48.0 Å². The molecule has 1 N–H and O–H groups in total. The van der Waals surface area contributed by atoms with Crippen LogP contribution in [0.4, 0.5) is 10.6 Å². The van der Waals surface area contributed by atoms with E-state index in [1.807, 2.05) is 46.8 Å². The summed E-state index contributed by atoms with van der Waals surface area (Å²) in [5, 5.41) is 18.0. The lowest BCUT2D eigenvalue weighted by Crippen LogP contribution is -2.52. The Morgan fingerprint density at radius 3 is 2.32 bits per heavy atom. The number of aromatic nitrogens is 4. The molecule has 34 heavy (non-hydrogen) atoms. The third-order valence-corrected chi connectivity index (χ3v) is 6.42. The van der Waals surface area contributed by atoms with Crippen LogP contribution in [0.15, 0.2) is 54.6 Å². The maximum atomic E-state index is 12.7. The summed E-state index contributed by atoms with van der Waals surface area (Å²) in [5.74, 6) is 0.777. The molecule has 2 amide bonds. The fourth-order valence-corrected chi connectivity index (χ4v) is 4.47. The first-order valence-corrected chi connectivity index (χ1v) is 11.6. The highest BCUT2D eigenvalue weighted by Gasteiger charge is 2.26. The van der Waals surface area contributed by atoms with Gasteiger partial charge in [-0.05, 0) is 38.5 Å². The first-order chi connectivity index (χ1) is 16.5. The predicted molar refractivity (Wildman–Crippen MR) is 133 cm³/mol. The molecule has 0 atom stereocenters. The average Bonchev–Trinajstić information content (AvgIpc) is 3.22. The van der Waals surface area contributed by atoms with E-state index in [0.29, 0.717) is 32.7 Å². The van der Waals surface area contributed by atoms with Crippen LogP contribution >= 0.6 is 0 Å². The Bertz CT molecular complexity index is 1310. The number of aryl methyl sites for hydroxylation is 3. The minimum atomic E-state index is -0.0388. The number of nitrogens with zero attached hydrogens (tertiary/aromatic N) is 6. The number of hydrogen-bond acceptors (Lipinski definition) is 5. The number of hydrogen-bond donors (Lipinski definition) is 1. The molecule has 8 nitrogen and oxygen atoms in total. The largest absolute Gasteiger partial charge is 0.350 e. The molecular formula is C26H29N7O. The van der Waals surface area contributed by atoms with Crippen molar-refractivity contribution in [3.05, 3.63) is 77.1 Å². The molecular weight excluding hydrogens is 426 g/mol. The number of benzene rings is 2. The van der Waals surface area contributed by atoms with Crippen LogP contribution in [-0.4, -0.2) is 57.1 Å². The summed E-state index contributed by atoms with van der Waals surface area (Å²) >= 11 is 0. The number of nitrogens with one attached hydrogen (secondary N) is 1. The predicted octanol–water partition coefficient (Wildman–Crippen LogP) is 3.77. The molecule has 0 bridgehead atoms. The van der Waals surface area contributed by atoms with Gasteiger partial charge in [0.2, 0.25) is 0 Å². The van der Waals surface area contributed by atoms with Crippen molar-refractivity contribution in [2.24, 2.45) is 0 Å². The second-order valence-electron chi connectivity index (χ2n) is 8.78. The van der Waals surface area contributed by atoms with E-state index in [4.69, 9.17) is 5.10 Å². The summed E-state index contributed by atoms with van der Waals surface area (Å²) < 4.78 is 1.97. The van der Waals surface area contributed by atoms with Gasteiger partial charge in [0.15, 0.2) is 5.82 Å². The van der Waals surface area contributed by atoms with Crippen molar-refractivity contribution in [1.82, 2.24) is 30.2 Å². The third-order valence-electron chi connectivity index (χ3n) is 6.42. The smallest absolute Gasteiger partial charge is 0.317 e. The summed E-state index contributed by atoms with van der Waals surface area (Å²) in [6.45, 7) is 9.26. The van der Waals surface area contributed by atoms with Crippen LogP contribution in [0.25, 0.3) is 16.6 Å². The molecule has 1 aliphatic heterocycles. The molecule has 0 spiro atoms. The topological polar surface area (TPSA) is 79.2 Å². The van der Waals surface area contributed by atoms with Crippen molar-refractivity contribution in [3.8, 4) is 5.69 Å². The van der Waals surface area contributed by atoms with Crippen LogP contribution in [0.2, 0.25) is 0 Å². The van der Waals surface area contributed by atoms with E-state index in [1.165, 1.54) is 5.56 Å². The molecule has 4 aromatic rings. The van der Waals surface area contributed by atoms with Crippen molar-refractivity contribution in [2.75, 3.05) is 31.1 Å². The molecule has 8 heteroatoms. The van der Waals surface area contributed by atoms with Gasteiger partial charge in [0.1, 0.15) is 5.52 Å². The minimum absolute atomic E-state index is 0.0388. The first kappa shape index (κ1) is 21.9. The van der Waals surface area contributed by atoms with Gasteiger partial charge < -0.3 is 15.1 Å². The number of carbonyl (C=O) groups is 1. The summed E-state index contributed by atoms with van der Waals surface area (Å²) in [5.41, 5.74) is 6.09. The lowest BCUT2D eigenvalue weighted by Gasteiger charge is -2.35. The van der Waals surface area contributed by atoms with E-state index in [9.17, 15) is 4.79 Å². The maximum absolute atomic E-state index is 12.7. The Morgan fingerprint density at radius 2 is 1.62 bits per heavy atom. The fraction of sp³-hybridized carbons (Fsp3) is 0.308. The molecule has 0 radical (unpaired) electrons. The van der Waals surface area contributed by atoms with E-state index in [-0.39, 0.29) is 6.03 Å². The zero-order valence-corrected chi connectivity index (χ0v) is 19.8. The molecule has 174 valence electrons. The number of urea groups is 1. The summed E-state index contributed by atoms with van der Waals surface area (Å²) in [6, 6.07) is 18.3. The maximum Gasteiger partial charge on any atom is 0.317 e. The monoisotopic (exact) mass is 455 g/mol. The Balaban J connectivity index is 1.33. The molecule has 0 saturated carbocycles. The number of piperazine rings is 1. The SMILES string of the molecule is Cc1ccc(-n2nc3c(N4CCN(C(=O)NCc5ccccc5)CC4)nnc(C)c3c2C)cc1. The zero-order chi connectivity index (χ0) is 23.7. The second-order valence-corrected chi connectivity index (χ2v) is 8.78. The summed E-state index contributed by atoms with van der Waals surface area (Å²) in [4.78, 5) is 16.7. The minimum Gasteiger partial charge on any atom is -0.350 e. The van der Waals surface area contributed by atoms with Gasteiger partial charge in [0.25, 0.3) is 0 Å². The summed E-state index contributed by atoms with van der Waals surface area (Å²) in [7, 11) is 0. The van der Waals surface area contributed by atoms with Gasteiger partial charge in [-0.2, -0.15) is 10.2 Å². The van der Waals surface area contributed by atoms with Crippen molar-refractivity contribution < 1.29 is 4.79 Å². The second kappa shape index (κ2) is 9.13. The van der Waals surface area contributed by atoms with Crippen molar-refractivity contribution in [2.45, 2.75) is 27.3 Å². The fourth-order valence-electron chi connectivity index (χ4n) is 4.47. The number of fused-ring (bicyclic) bond motifs is 1. The Morgan fingerprint density at radius 1 is 0.912 bits per heavy atom. The lowest BCUT2D eigenvalue weighted by atomic mass is 10.2. The Hall–Kier alpha value is -3.94. The highest BCUT2D eigenvalue weighted by atomic mass is 16.2. The number of anilines is 1. The molecule has 0 unspecified atom stereocenters. The van der Waals surface area contributed by atoms with Gasteiger partial charge in [-0.25, -0.2) is 9.48 Å². The van der Waals surface area contributed by atoms with Gasteiger partial charge in [0, 0.05) is 32.7 Å². The number of rotatable bonds is 4. The van der Waals surface area contributed by atoms with Crippen LogP contribution in [0.1, 0.15) is 22.5 Å². The van der Waals surface area contributed by atoms with Gasteiger partial charge in [0.05, 0.1) is 22.5 Å². The van der Waals surface area contributed by atoms with Crippen molar-refractivity contribution >= 4 is 22.8 Å². The number of carbonyl (C=O) groups excluding carboxylic acids is 1. The van der Waals surface area contributed by atoms with E-state index >= 15 is 0 Å². The van der Waals surface area contributed by atoms with Crippen LogP contribution in [0, 0.1) is 20.8 Å². The number of amides is 2. The van der Waals surface area contributed by atoms with E-state index in [1.54, 1.807) is 0 Å². The van der Waals surface area contributed by atoms with E-state index < -0.39 is 0 Å². The van der Waals surface area contributed by atoms with Gasteiger partial charge in [-0.15, -0.1) is 5.10 Å². The van der Waals surface area contributed by atoms with Crippen LogP contribution < -0.4 is 10.2 Å². The van der Waals surface area contributed by atoms with Gasteiger partial charge in [-0.3, -0.25) is 0 Å². The molecule has 0 aliphatic carbocycles. The molecule has 2 aromatic heterocycles. The summed E-state index contributed by atoms with van der Waals surface area (Å²) in [6.07, 6.45) is 0. The van der Waals surface area contributed by atoms with E-state index in [2.05, 4.69) is 58.5 Å². The van der Waals surface area contributed by atoms with Crippen LogP contribution in [0.3, 0.4) is 0 Å². The van der Waals surface area contributed by atoms with Crippen molar-refractivity contribution in [1.29, 1.82) is 0 Å². The molecule has 5 rings (SSSR count). The molecule has 1 fully saturated rings. The Kier molecular flexibility index (Phi) is 5.88. The lowest BCUT2D eigenvalue weighted by molar-refractivity contribution is 0.194. The molecule has 1 aliphatic rings.